The fourth-order valence-electron chi connectivity index (χ4n) is 2.15. The van der Waals surface area contributed by atoms with Gasteiger partial charge in [0.15, 0.2) is 5.78 Å². The number of hydrogen-bond donors (Lipinski definition) is 3. The van der Waals surface area contributed by atoms with Gasteiger partial charge in [0.2, 0.25) is 0 Å². The summed E-state index contributed by atoms with van der Waals surface area (Å²) in [5, 5.41) is 11.1. The number of hydrogen-bond acceptors (Lipinski definition) is 5. The van der Waals surface area contributed by atoms with Crippen LogP contribution in [-0.4, -0.2) is 47.5 Å². The number of benzene rings is 1. The number of carbonyl (C=O) groups is 3. The number of amides is 1. The zero-order valence-electron chi connectivity index (χ0n) is 14.4. The van der Waals surface area contributed by atoms with Crippen LogP contribution in [0.5, 0.6) is 0 Å². The van der Waals surface area contributed by atoms with E-state index in [0.29, 0.717) is 11.1 Å². The van der Waals surface area contributed by atoms with Crippen molar-refractivity contribution in [2.24, 2.45) is 5.41 Å². The van der Waals surface area contributed by atoms with Crippen molar-refractivity contribution in [3.8, 4) is 0 Å². The molecule has 3 N–H and O–H groups in total. The lowest BCUT2D eigenvalue weighted by molar-refractivity contribution is -0.138. The van der Waals surface area contributed by atoms with Gasteiger partial charge in [0.05, 0.1) is 0 Å². The van der Waals surface area contributed by atoms with Crippen LogP contribution in [0.3, 0.4) is 0 Å². The summed E-state index contributed by atoms with van der Waals surface area (Å²) in [6.07, 6.45) is 0. The number of ketones is 1. The topological polar surface area (TPSA) is 138 Å². The number of carboxylic acids is 1. The van der Waals surface area contributed by atoms with Crippen LogP contribution in [0.15, 0.2) is 18.2 Å². The van der Waals surface area contributed by atoms with Crippen molar-refractivity contribution < 1.29 is 32.5 Å². The largest absolute Gasteiger partial charge is 0.480 e. The van der Waals surface area contributed by atoms with Crippen LogP contribution >= 0.6 is 0 Å². The average molecular weight is 371 g/mol. The summed E-state index contributed by atoms with van der Waals surface area (Å²) >= 11 is 0. The molecule has 138 valence electrons. The second-order valence-corrected chi connectivity index (χ2v) is 8.17. The fourth-order valence-corrected chi connectivity index (χ4v) is 2.80. The third kappa shape index (κ3) is 5.64. The molecule has 9 heteroatoms. The van der Waals surface area contributed by atoms with E-state index < -0.39 is 39.2 Å². The Morgan fingerprint density at radius 3 is 2.12 bits per heavy atom. The van der Waals surface area contributed by atoms with Crippen LogP contribution in [0, 0.1) is 12.3 Å². The van der Waals surface area contributed by atoms with Crippen molar-refractivity contribution in [2.45, 2.75) is 33.7 Å². The normalized spacial score (nSPS) is 13.2. The van der Waals surface area contributed by atoms with Crippen LogP contribution in [0.4, 0.5) is 0 Å². The highest BCUT2D eigenvalue weighted by Crippen LogP contribution is 2.24. The summed E-state index contributed by atoms with van der Waals surface area (Å²) in [6, 6.07) is 2.63. The monoisotopic (exact) mass is 371 g/mol. The molecule has 0 bridgehead atoms. The Balaban J connectivity index is 3.18. The Morgan fingerprint density at radius 1 is 1.16 bits per heavy atom. The van der Waals surface area contributed by atoms with Crippen LogP contribution in [-0.2, 0) is 14.9 Å². The Bertz CT molecular complexity index is 806. The first-order chi connectivity index (χ1) is 11.2. The van der Waals surface area contributed by atoms with Crippen LogP contribution in [0.1, 0.15) is 47.1 Å². The minimum Gasteiger partial charge on any atom is -0.480 e. The molecule has 0 aliphatic rings. The highest BCUT2D eigenvalue weighted by Gasteiger charge is 2.29. The van der Waals surface area contributed by atoms with Gasteiger partial charge in [-0.1, -0.05) is 32.9 Å². The van der Waals surface area contributed by atoms with Gasteiger partial charge in [-0.2, -0.15) is 8.42 Å². The maximum absolute atomic E-state index is 12.4. The van der Waals surface area contributed by atoms with E-state index in [1.54, 1.807) is 33.8 Å². The molecule has 1 amide bonds. The first kappa shape index (κ1) is 20.8. The van der Waals surface area contributed by atoms with E-state index >= 15 is 0 Å². The number of aliphatic carboxylic acids is 1. The summed E-state index contributed by atoms with van der Waals surface area (Å²) in [7, 11) is -4.60. The van der Waals surface area contributed by atoms with Gasteiger partial charge in [0.25, 0.3) is 16.0 Å². The molecule has 0 radical (unpaired) electrons. The molecular weight excluding hydrogens is 350 g/mol. The summed E-state index contributed by atoms with van der Waals surface area (Å²) in [6.45, 7) is 6.74. The smallest absolute Gasteiger partial charge is 0.327 e. The van der Waals surface area contributed by atoms with Crippen molar-refractivity contribution in [1.29, 1.82) is 0 Å². The maximum atomic E-state index is 12.4. The molecule has 0 aliphatic heterocycles. The fraction of sp³-hybridized carbons (Fsp3) is 0.438. The van der Waals surface area contributed by atoms with Crippen LogP contribution in [0.2, 0.25) is 0 Å². The number of carboxylic acid groups (broad SMARTS) is 1. The van der Waals surface area contributed by atoms with Gasteiger partial charge in [-0.05, 0) is 18.6 Å². The first-order valence-corrected chi connectivity index (χ1v) is 8.98. The highest BCUT2D eigenvalue weighted by molar-refractivity contribution is 7.85. The van der Waals surface area contributed by atoms with E-state index in [-0.39, 0.29) is 11.3 Å². The average Bonchev–Trinajstić information content (AvgIpc) is 2.43. The van der Waals surface area contributed by atoms with E-state index in [1.807, 2.05) is 5.32 Å². The lowest BCUT2D eigenvalue weighted by Gasteiger charge is -2.20. The second kappa shape index (κ2) is 7.32. The Morgan fingerprint density at radius 2 is 1.68 bits per heavy atom. The molecule has 1 rings (SSSR count). The number of carbonyl (C=O) groups excluding carboxylic acids is 2. The number of nitrogens with one attached hydrogen (secondary N) is 1. The molecule has 1 atom stereocenters. The minimum atomic E-state index is -4.60. The van der Waals surface area contributed by atoms with Gasteiger partial charge in [-0.25, -0.2) is 4.79 Å². The molecule has 0 spiro atoms. The Kier molecular flexibility index (Phi) is 6.09. The molecule has 25 heavy (non-hydrogen) atoms. The van der Waals surface area contributed by atoms with Crippen molar-refractivity contribution in [3.05, 3.63) is 34.9 Å². The van der Waals surface area contributed by atoms with E-state index in [9.17, 15) is 22.8 Å². The first-order valence-electron chi connectivity index (χ1n) is 7.37. The molecule has 0 saturated heterocycles. The molecule has 0 saturated carbocycles. The molecule has 1 unspecified atom stereocenters. The van der Waals surface area contributed by atoms with Gasteiger partial charge in [-0.3, -0.25) is 14.1 Å². The van der Waals surface area contributed by atoms with E-state index in [1.165, 1.54) is 12.1 Å². The molecule has 8 nitrogen and oxygen atoms in total. The predicted molar refractivity (Wildman–Crippen MR) is 90.3 cm³/mol. The molecule has 1 aromatic rings. The SMILES string of the molecule is Cc1c(C(=O)NC(CS(=O)(=O)O)C(=O)O)cccc1C(=O)C(C)(C)C. The van der Waals surface area contributed by atoms with Crippen LogP contribution < -0.4 is 5.32 Å². The van der Waals surface area contributed by atoms with Crippen molar-refractivity contribution in [1.82, 2.24) is 5.32 Å². The Labute approximate surface area is 146 Å². The maximum Gasteiger partial charge on any atom is 0.327 e. The van der Waals surface area contributed by atoms with Crippen molar-refractivity contribution >= 4 is 27.8 Å². The van der Waals surface area contributed by atoms with E-state index in [0.717, 1.165) is 0 Å². The summed E-state index contributed by atoms with van der Waals surface area (Å²) in [5.74, 6) is -3.80. The molecule has 0 fully saturated rings. The third-order valence-corrected chi connectivity index (χ3v) is 4.24. The zero-order valence-corrected chi connectivity index (χ0v) is 15.2. The second-order valence-electron chi connectivity index (χ2n) is 6.67. The van der Waals surface area contributed by atoms with E-state index in [2.05, 4.69) is 0 Å². The molecular formula is C16H21NO7S. The summed E-state index contributed by atoms with van der Waals surface area (Å²) in [4.78, 5) is 35.9. The molecule has 0 heterocycles. The lowest BCUT2D eigenvalue weighted by Crippen LogP contribution is -2.45. The summed E-state index contributed by atoms with van der Waals surface area (Å²) < 4.78 is 30.6. The highest BCUT2D eigenvalue weighted by atomic mass is 32.2. The molecule has 0 aliphatic carbocycles. The van der Waals surface area contributed by atoms with E-state index in [4.69, 9.17) is 9.66 Å². The van der Waals surface area contributed by atoms with Crippen molar-refractivity contribution in [3.63, 3.8) is 0 Å². The zero-order chi connectivity index (χ0) is 19.6. The van der Waals surface area contributed by atoms with Crippen LogP contribution in [0.25, 0.3) is 0 Å². The minimum absolute atomic E-state index is 0.0525. The number of Topliss-reactive ketones (excluding diaryl/α,β-unsaturated/α-hetero) is 1. The quantitative estimate of drug-likeness (QED) is 0.506. The van der Waals surface area contributed by atoms with Crippen molar-refractivity contribution in [2.75, 3.05) is 5.75 Å². The standard InChI is InChI=1S/C16H21NO7S/c1-9-10(13(18)16(2,3)4)6-5-7-11(9)14(19)17-12(15(20)21)8-25(22,23)24/h5-7,12H,8H2,1-4H3,(H,17,19)(H,20,21)(H,22,23,24). The van der Waals surface area contributed by atoms with Gasteiger partial charge >= 0.3 is 5.97 Å². The third-order valence-electron chi connectivity index (χ3n) is 3.48. The van der Waals surface area contributed by atoms with Gasteiger partial charge in [-0.15, -0.1) is 0 Å². The van der Waals surface area contributed by atoms with Gasteiger partial charge in [0, 0.05) is 16.5 Å². The van der Waals surface area contributed by atoms with Gasteiger partial charge in [0.1, 0.15) is 11.8 Å². The molecule has 1 aromatic carbocycles. The lowest BCUT2D eigenvalue weighted by atomic mass is 9.84. The molecule has 0 aromatic heterocycles. The predicted octanol–water partition coefficient (Wildman–Crippen LogP) is 1.29. The number of rotatable bonds is 6. The summed E-state index contributed by atoms with van der Waals surface area (Å²) in [5.41, 5.74) is 0.0587. The van der Waals surface area contributed by atoms with Gasteiger partial charge < -0.3 is 10.4 Å². The Hall–Kier alpha value is -2.26.